The van der Waals surface area contributed by atoms with Crippen LogP contribution in [0.25, 0.3) is 0 Å². The molecule has 2 aromatic rings. The lowest BCUT2D eigenvalue weighted by molar-refractivity contribution is 0.0453. The molecule has 0 aliphatic carbocycles. The van der Waals surface area contributed by atoms with Crippen LogP contribution in [0, 0.1) is 0 Å². The molecular weight excluding hydrogens is 352 g/mol. The Morgan fingerprint density at radius 2 is 1.89 bits per heavy atom. The molecule has 154 valence electrons. The van der Waals surface area contributed by atoms with Gasteiger partial charge in [0.2, 0.25) is 0 Å². The SMILES string of the molecule is CCNC(=NCc1cccc(COCCOCC)c1)N(C)Cc1cccn1C. The average Bonchev–Trinajstić information content (AvgIpc) is 3.09. The van der Waals surface area contributed by atoms with Gasteiger partial charge < -0.3 is 24.3 Å². The van der Waals surface area contributed by atoms with Crippen molar-refractivity contribution < 1.29 is 9.47 Å². The molecule has 1 heterocycles. The van der Waals surface area contributed by atoms with E-state index in [0.29, 0.717) is 26.4 Å². The smallest absolute Gasteiger partial charge is 0.194 e. The Kier molecular flexibility index (Phi) is 9.59. The van der Waals surface area contributed by atoms with Crippen molar-refractivity contribution >= 4 is 5.96 Å². The van der Waals surface area contributed by atoms with Gasteiger partial charge in [-0.2, -0.15) is 0 Å². The molecule has 1 aromatic heterocycles. The van der Waals surface area contributed by atoms with Crippen LogP contribution in [0.5, 0.6) is 0 Å². The fourth-order valence-electron chi connectivity index (χ4n) is 2.88. The van der Waals surface area contributed by atoms with Gasteiger partial charge >= 0.3 is 0 Å². The quantitative estimate of drug-likeness (QED) is 0.366. The molecule has 0 radical (unpaired) electrons. The molecule has 0 amide bonds. The summed E-state index contributed by atoms with van der Waals surface area (Å²) in [4.78, 5) is 6.97. The number of hydrogen-bond acceptors (Lipinski definition) is 3. The fraction of sp³-hybridized carbons (Fsp3) is 0.500. The van der Waals surface area contributed by atoms with Gasteiger partial charge in [-0.15, -0.1) is 0 Å². The predicted octanol–water partition coefficient (Wildman–Crippen LogP) is 3.18. The first-order valence-electron chi connectivity index (χ1n) is 9.97. The number of nitrogens with one attached hydrogen (secondary N) is 1. The number of guanidine groups is 1. The number of hydrogen-bond donors (Lipinski definition) is 1. The normalized spacial score (nSPS) is 11.6. The van der Waals surface area contributed by atoms with Crippen molar-refractivity contribution in [3.63, 3.8) is 0 Å². The summed E-state index contributed by atoms with van der Waals surface area (Å²) in [5.41, 5.74) is 3.58. The van der Waals surface area contributed by atoms with Crippen molar-refractivity contribution in [3.8, 4) is 0 Å². The molecule has 0 aliphatic rings. The Morgan fingerprint density at radius 3 is 2.61 bits per heavy atom. The molecule has 0 fully saturated rings. The highest BCUT2D eigenvalue weighted by Gasteiger charge is 2.08. The summed E-state index contributed by atoms with van der Waals surface area (Å²) in [7, 11) is 4.13. The van der Waals surface area contributed by atoms with Crippen LogP contribution >= 0.6 is 0 Å². The van der Waals surface area contributed by atoms with Crippen molar-refractivity contribution in [2.24, 2.45) is 12.0 Å². The second-order valence-corrected chi connectivity index (χ2v) is 6.71. The highest BCUT2D eigenvalue weighted by atomic mass is 16.5. The second-order valence-electron chi connectivity index (χ2n) is 6.71. The molecule has 0 aliphatic heterocycles. The molecular formula is C22H34N4O2. The van der Waals surface area contributed by atoms with Gasteiger partial charge in [0.25, 0.3) is 0 Å². The zero-order valence-electron chi connectivity index (χ0n) is 17.6. The third-order valence-corrected chi connectivity index (χ3v) is 4.39. The Hall–Kier alpha value is -2.31. The number of benzene rings is 1. The number of aromatic nitrogens is 1. The van der Waals surface area contributed by atoms with E-state index in [-0.39, 0.29) is 0 Å². The first kappa shape index (κ1) is 22.0. The molecule has 1 N–H and O–H groups in total. The molecule has 2 rings (SSSR count). The second kappa shape index (κ2) is 12.2. The molecule has 0 spiro atoms. The van der Waals surface area contributed by atoms with Crippen LogP contribution in [-0.2, 0) is 36.2 Å². The topological polar surface area (TPSA) is 51.0 Å². The summed E-state index contributed by atoms with van der Waals surface area (Å²) in [5, 5.41) is 3.38. The van der Waals surface area contributed by atoms with Gasteiger partial charge in [0.15, 0.2) is 5.96 Å². The molecule has 0 saturated carbocycles. The minimum absolute atomic E-state index is 0.595. The van der Waals surface area contributed by atoms with Crippen LogP contribution in [-0.4, -0.2) is 48.8 Å². The molecule has 0 unspecified atom stereocenters. The summed E-state index contributed by atoms with van der Waals surface area (Å²) in [6.07, 6.45) is 2.06. The number of ether oxygens (including phenoxy) is 2. The Bertz CT molecular complexity index is 727. The van der Waals surface area contributed by atoms with Crippen LogP contribution in [0.3, 0.4) is 0 Å². The maximum absolute atomic E-state index is 5.67. The van der Waals surface area contributed by atoms with Crippen molar-refractivity contribution in [1.29, 1.82) is 0 Å². The Balaban J connectivity index is 1.94. The largest absolute Gasteiger partial charge is 0.379 e. The van der Waals surface area contributed by atoms with Gasteiger partial charge in [-0.05, 0) is 37.1 Å². The molecule has 1 aromatic carbocycles. The zero-order chi connectivity index (χ0) is 20.2. The lowest BCUT2D eigenvalue weighted by Crippen LogP contribution is -2.38. The van der Waals surface area contributed by atoms with Gasteiger partial charge in [-0.1, -0.05) is 24.3 Å². The standard InChI is InChI=1S/C22H34N4O2/c1-5-23-22(26(4)17-21-11-8-12-25(21)3)24-16-19-9-7-10-20(15-19)18-28-14-13-27-6-2/h7-12,15H,5-6,13-14,16-18H2,1-4H3,(H,23,24). The highest BCUT2D eigenvalue weighted by molar-refractivity contribution is 5.79. The summed E-state index contributed by atoms with van der Waals surface area (Å²) in [6, 6.07) is 12.6. The third-order valence-electron chi connectivity index (χ3n) is 4.39. The fourth-order valence-corrected chi connectivity index (χ4v) is 2.88. The molecule has 28 heavy (non-hydrogen) atoms. The van der Waals surface area contributed by atoms with Gasteiger partial charge in [0.1, 0.15) is 0 Å². The van der Waals surface area contributed by atoms with E-state index in [2.05, 4.69) is 78.4 Å². The number of nitrogens with zero attached hydrogens (tertiary/aromatic N) is 3. The van der Waals surface area contributed by atoms with E-state index >= 15 is 0 Å². The van der Waals surface area contributed by atoms with Crippen molar-refractivity contribution in [1.82, 2.24) is 14.8 Å². The lowest BCUT2D eigenvalue weighted by atomic mass is 10.1. The molecule has 0 saturated heterocycles. The lowest BCUT2D eigenvalue weighted by Gasteiger charge is -2.22. The molecule has 0 atom stereocenters. The van der Waals surface area contributed by atoms with Gasteiger partial charge in [-0.3, -0.25) is 0 Å². The maximum atomic E-state index is 5.67. The van der Waals surface area contributed by atoms with Crippen molar-refractivity contribution in [2.45, 2.75) is 33.5 Å². The van der Waals surface area contributed by atoms with E-state index in [1.807, 2.05) is 6.92 Å². The first-order valence-corrected chi connectivity index (χ1v) is 9.97. The highest BCUT2D eigenvalue weighted by Crippen LogP contribution is 2.09. The summed E-state index contributed by atoms with van der Waals surface area (Å²) in [6.45, 7) is 8.93. The number of aliphatic imine (C=N–C) groups is 1. The predicted molar refractivity (Wildman–Crippen MR) is 114 cm³/mol. The number of aryl methyl sites for hydroxylation is 1. The minimum atomic E-state index is 0.595. The summed E-state index contributed by atoms with van der Waals surface area (Å²) >= 11 is 0. The van der Waals surface area contributed by atoms with Crippen LogP contribution in [0.15, 0.2) is 47.6 Å². The average molecular weight is 387 g/mol. The monoisotopic (exact) mass is 386 g/mol. The summed E-state index contributed by atoms with van der Waals surface area (Å²) < 4.78 is 13.1. The van der Waals surface area contributed by atoms with Crippen LogP contribution in [0.4, 0.5) is 0 Å². The Labute approximate surface area is 169 Å². The minimum Gasteiger partial charge on any atom is -0.379 e. The number of rotatable bonds is 11. The molecule has 0 bridgehead atoms. The maximum Gasteiger partial charge on any atom is 0.194 e. The van der Waals surface area contributed by atoms with Gasteiger partial charge in [0.05, 0.1) is 32.9 Å². The first-order chi connectivity index (χ1) is 13.6. The van der Waals surface area contributed by atoms with E-state index in [0.717, 1.165) is 31.2 Å². The Morgan fingerprint density at radius 1 is 1.11 bits per heavy atom. The van der Waals surface area contributed by atoms with E-state index < -0.39 is 0 Å². The van der Waals surface area contributed by atoms with Crippen molar-refractivity contribution in [2.75, 3.05) is 33.4 Å². The van der Waals surface area contributed by atoms with E-state index in [1.165, 1.54) is 11.3 Å². The molecule has 6 nitrogen and oxygen atoms in total. The van der Waals surface area contributed by atoms with E-state index in [1.54, 1.807) is 0 Å². The molecule has 6 heteroatoms. The van der Waals surface area contributed by atoms with E-state index in [9.17, 15) is 0 Å². The van der Waals surface area contributed by atoms with Gasteiger partial charge in [0, 0.05) is 39.1 Å². The van der Waals surface area contributed by atoms with E-state index in [4.69, 9.17) is 14.5 Å². The van der Waals surface area contributed by atoms with Gasteiger partial charge in [-0.25, -0.2) is 4.99 Å². The third kappa shape index (κ3) is 7.37. The van der Waals surface area contributed by atoms with Crippen LogP contribution in [0.1, 0.15) is 30.7 Å². The van der Waals surface area contributed by atoms with Crippen molar-refractivity contribution in [3.05, 3.63) is 59.4 Å². The zero-order valence-corrected chi connectivity index (χ0v) is 17.6. The van der Waals surface area contributed by atoms with Crippen LogP contribution < -0.4 is 5.32 Å². The van der Waals surface area contributed by atoms with Crippen LogP contribution in [0.2, 0.25) is 0 Å². The summed E-state index contributed by atoms with van der Waals surface area (Å²) in [5.74, 6) is 0.905.